The summed E-state index contributed by atoms with van der Waals surface area (Å²) in [4.78, 5) is 33.1. The minimum Gasteiger partial charge on any atom is -0.490 e. The summed E-state index contributed by atoms with van der Waals surface area (Å²) in [5.74, 6) is 0.504. The van der Waals surface area contributed by atoms with Crippen molar-refractivity contribution in [2.45, 2.75) is 27.1 Å². The quantitative estimate of drug-likeness (QED) is 0.231. The molecule has 0 unspecified atom stereocenters. The van der Waals surface area contributed by atoms with Crippen molar-refractivity contribution in [3.05, 3.63) is 83.4 Å². The molecule has 0 aliphatic heterocycles. The van der Waals surface area contributed by atoms with Crippen LogP contribution in [0.25, 0.3) is 11.1 Å². The van der Waals surface area contributed by atoms with Gasteiger partial charge in [-0.25, -0.2) is 0 Å². The molecule has 3 rings (SSSR count). The summed E-state index contributed by atoms with van der Waals surface area (Å²) in [6.45, 7) is 3.51. The van der Waals surface area contributed by atoms with E-state index in [0.717, 1.165) is 28.5 Å². The SMILES string of the molecule is CC(=O)OCCOc1ccc(-c2cccc(COc3ccc(C=O)cc3)c2)c(COC(C)=O)c1. The lowest BCUT2D eigenvalue weighted by atomic mass is 9.98. The highest BCUT2D eigenvalue weighted by Crippen LogP contribution is 2.29. The summed E-state index contributed by atoms with van der Waals surface area (Å²) in [5, 5.41) is 0. The van der Waals surface area contributed by atoms with Crippen LogP contribution in [0.1, 0.15) is 35.3 Å². The first-order valence-electron chi connectivity index (χ1n) is 10.7. The van der Waals surface area contributed by atoms with Gasteiger partial charge in [0.05, 0.1) is 0 Å². The molecule has 0 heterocycles. The number of rotatable bonds is 11. The van der Waals surface area contributed by atoms with E-state index in [-0.39, 0.29) is 31.8 Å². The monoisotopic (exact) mass is 462 g/mol. The first-order chi connectivity index (χ1) is 16.4. The molecule has 0 amide bonds. The van der Waals surface area contributed by atoms with Crippen LogP contribution < -0.4 is 9.47 Å². The van der Waals surface area contributed by atoms with E-state index in [1.54, 1.807) is 24.3 Å². The van der Waals surface area contributed by atoms with Gasteiger partial charge in [0.2, 0.25) is 0 Å². The van der Waals surface area contributed by atoms with E-state index in [1.165, 1.54) is 13.8 Å². The molecule has 7 nitrogen and oxygen atoms in total. The van der Waals surface area contributed by atoms with Gasteiger partial charge in [0.15, 0.2) is 0 Å². The minimum absolute atomic E-state index is 0.0929. The van der Waals surface area contributed by atoms with Crippen LogP contribution >= 0.6 is 0 Å². The number of hydrogen-bond donors (Lipinski definition) is 0. The average Bonchev–Trinajstić information content (AvgIpc) is 2.84. The fourth-order valence-corrected chi connectivity index (χ4v) is 3.22. The second kappa shape index (κ2) is 12.2. The molecule has 34 heavy (non-hydrogen) atoms. The lowest BCUT2D eigenvalue weighted by Gasteiger charge is -2.14. The maximum absolute atomic E-state index is 11.4. The average molecular weight is 462 g/mol. The number of carbonyl (C=O) groups excluding carboxylic acids is 3. The van der Waals surface area contributed by atoms with Gasteiger partial charge in [-0.05, 0) is 59.2 Å². The molecule has 0 spiro atoms. The highest BCUT2D eigenvalue weighted by Gasteiger charge is 2.10. The minimum atomic E-state index is -0.380. The predicted molar refractivity (Wildman–Crippen MR) is 126 cm³/mol. The number of aldehydes is 1. The molecular formula is C27H26O7. The Morgan fingerprint density at radius 1 is 0.765 bits per heavy atom. The lowest BCUT2D eigenvalue weighted by molar-refractivity contribution is -0.142. The molecule has 0 saturated carbocycles. The number of benzene rings is 3. The van der Waals surface area contributed by atoms with Gasteiger partial charge in [0.1, 0.15) is 44.2 Å². The molecule has 3 aromatic carbocycles. The van der Waals surface area contributed by atoms with Crippen molar-refractivity contribution in [2.75, 3.05) is 13.2 Å². The van der Waals surface area contributed by atoms with Crippen LogP contribution in [-0.2, 0) is 32.3 Å². The van der Waals surface area contributed by atoms with Crippen molar-refractivity contribution in [1.29, 1.82) is 0 Å². The van der Waals surface area contributed by atoms with Crippen molar-refractivity contribution in [2.24, 2.45) is 0 Å². The Bertz CT molecular complexity index is 1140. The molecule has 0 radical (unpaired) electrons. The number of esters is 2. The van der Waals surface area contributed by atoms with Gasteiger partial charge in [-0.1, -0.05) is 24.3 Å². The smallest absolute Gasteiger partial charge is 0.302 e. The zero-order valence-corrected chi connectivity index (χ0v) is 19.1. The Hall–Kier alpha value is -4.13. The lowest BCUT2D eigenvalue weighted by Crippen LogP contribution is -2.10. The molecule has 0 bridgehead atoms. The third kappa shape index (κ3) is 7.48. The van der Waals surface area contributed by atoms with Crippen LogP contribution in [-0.4, -0.2) is 31.4 Å². The number of hydrogen-bond acceptors (Lipinski definition) is 7. The molecule has 176 valence electrons. The summed E-state index contributed by atoms with van der Waals surface area (Å²) in [6, 6.07) is 20.3. The van der Waals surface area contributed by atoms with E-state index < -0.39 is 0 Å². The Balaban J connectivity index is 1.75. The van der Waals surface area contributed by atoms with Crippen molar-refractivity contribution >= 4 is 18.2 Å². The number of ether oxygens (including phenoxy) is 4. The summed E-state index contributed by atoms with van der Waals surface area (Å²) in [5.41, 5.74) is 4.16. The van der Waals surface area contributed by atoms with E-state index in [4.69, 9.17) is 18.9 Å². The number of carbonyl (C=O) groups is 3. The maximum Gasteiger partial charge on any atom is 0.302 e. The van der Waals surface area contributed by atoms with Crippen LogP contribution in [0.5, 0.6) is 11.5 Å². The van der Waals surface area contributed by atoms with E-state index in [9.17, 15) is 14.4 Å². The fraction of sp³-hybridized carbons (Fsp3) is 0.222. The molecular weight excluding hydrogens is 436 g/mol. The van der Waals surface area contributed by atoms with Gasteiger partial charge >= 0.3 is 11.9 Å². The van der Waals surface area contributed by atoms with Gasteiger partial charge in [-0.15, -0.1) is 0 Å². The van der Waals surface area contributed by atoms with E-state index in [2.05, 4.69) is 0 Å². The Labute approximate surface area is 198 Å². The third-order valence-electron chi connectivity index (χ3n) is 4.82. The van der Waals surface area contributed by atoms with Gasteiger partial charge < -0.3 is 18.9 Å². The summed E-state index contributed by atoms with van der Waals surface area (Å²) < 4.78 is 21.6. The molecule has 0 aromatic heterocycles. The van der Waals surface area contributed by atoms with Gasteiger partial charge in [-0.2, -0.15) is 0 Å². The molecule has 0 saturated heterocycles. The maximum atomic E-state index is 11.4. The first kappa shape index (κ1) is 24.5. The predicted octanol–water partition coefficient (Wildman–Crippen LogP) is 4.75. The van der Waals surface area contributed by atoms with Crippen LogP contribution in [0.3, 0.4) is 0 Å². The van der Waals surface area contributed by atoms with Crippen molar-refractivity contribution < 1.29 is 33.3 Å². The summed E-state index contributed by atoms with van der Waals surface area (Å²) in [6.07, 6.45) is 0.789. The van der Waals surface area contributed by atoms with Crippen LogP contribution in [0.2, 0.25) is 0 Å². The standard InChI is InChI=1S/C27H26O7/c1-19(29)31-12-13-32-26-10-11-27(24(15-26)18-33-20(2)30)23-5-3-4-22(14-23)17-34-25-8-6-21(16-28)7-9-25/h3-11,14-16H,12-13,17-18H2,1-2H3. The molecule has 0 aliphatic carbocycles. The van der Waals surface area contributed by atoms with Crippen molar-refractivity contribution in [3.63, 3.8) is 0 Å². The van der Waals surface area contributed by atoms with E-state index >= 15 is 0 Å². The fourth-order valence-electron chi connectivity index (χ4n) is 3.22. The zero-order chi connectivity index (χ0) is 24.3. The van der Waals surface area contributed by atoms with Crippen LogP contribution in [0, 0.1) is 0 Å². The molecule has 0 aliphatic rings. The Kier molecular flexibility index (Phi) is 8.80. The highest BCUT2D eigenvalue weighted by molar-refractivity contribution is 5.75. The van der Waals surface area contributed by atoms with Crippen LogP contribution in [0.15, 0.2) is 66.7 Å². The van der Waals surface area contributed by atoms with Gasteiger partial charge in [0.25, 0.3) is 0 Å². The molecule has 3 aromatic rings. The van der Waals surface area contributed by atoms with Crippen LogP contribution in [0.4, 0.5) is 0 Å². The summed E-state index contributed by atoms with van der Waals surface area (Å²) >= 11 is 0. The normalized spacial score (nSPS) is 10.3. The second-order valence-electron chi connectivity index (χ2n) is 7.46. The third-order valence-corrected chi connectivity index (χ3v) is 4.82. The summed E-state index contributed by atoms with van der Waals surface area (Å²) in [7, 11) is 0. The molecule has 7 heteroatoms. The van der Waals surface area contributed by atoms with Gasteiger partial charge in [-0.3, -0.25) is 14.4 Å². The zero-order valence-electron chi connectivity index (χ0n) is 19.1. The van der Waals surface area contributed by atoms with E-state index in [1.807, 2.05) is 42.5 Å². The molecule has 0 fully saturated rings. The molecule has 0 N–H and O–H groups in total. The van der Waals surface area contributed by atoms with Crippen molar-refractivity contribution in [3.8, 4) is 22.6 Å². The molecule has 0 atom stereocenters. The second-order valence-corrected chi connectivity index (χ2v) is 7.46. The Morgan fingerprint density at radius 2 is 1.50 bits per heavy atom. The van der Waals surface area contributed by atoms with Crippen molar-refractivity contribution in [1.82, 2.24) is 0 Å². The van der Waals surface area contributed by atoms with Gasteiger partial charge in [0, 0.05) is 25.0 Å². The topological polar surface area (TPSA) is 88.1 Å². The van der Waals surface area contributed by atoms with E-state index in [0.29, 0.717) is 23.7 Å². The first-order valence-corrected chi connectivity index (χ1v) is 10.7. The largest absolute Gasteiger partial charge is 0.490 e. The Morgan fingerprint density at radius 3 is 2.21 bits per heavy atom. The highest BCUT2D eigenvalue weighted by atomic mass is 16.6.